The molecule has 13 rings (SSSR count). The smallest absolute Gasteiger partial charge is 0.142 e. The molecule has 12 aliphatic heterocycles. The second kappa shape index (κ2) is 75.7. The molecular weight excluding hydrogens is 2220 g/mol. The van der Waals surface area contributed by atoms with Gasteiger partial charge in [0.1, 0.15) is 64.0 Å². The van der Waals surface area contributed by atoms with Crippen LogP contribution in [-0.4, -0.2) is 197 Å². The SMILES string of the molecule is CC[C@@H]1CC[C@@H](CC)P1CN(C[PH+]1[C@H](CC)CC[C@H]1CC)[PH+]1[C@H](CC)CC[C@H]1CC.CC[C@@H]1CC[C@@H](CC)[PH+]1C(C)(C)C(C)(C)[PH+]1[C@H](CC)CC[C@H]1CC.CC[C@@H]1CC[C@@H](CC)[PH+]1C(C)[PH+]1[C@H](CC)CC[C@H]1CC.CC[C@@H]1CC[C@@H](CC)[PH+]1S[PH+]1[C@H](CC)CC[C@H]1CC.CC[C@@H]1CC[C@@H](CC)[PH+]1[C@@H](C)[C@H](C)[PH+]1[C@H](CC)CC[C@H]1CC.CC[PH+](CC)N(C(C)C)[PH+]1[C@H](C)CC[C@H]1c1ccccc1.[Cr].[Cr].[Cr].[Cr].[Cr].[Cr]. The van der Waals surface area contributed by atoms with E-state index in [-0.39, 0.29) is 198 Å². The zero-order chi connectivity index (χ0) is 100. The van der Waals surface area contributed by atoms with E-state index in [0.29, 0.717) is 10.3 Å². The molecule has 27 atom stereocenters. The standard InChI is InChI=1S/C26H52NP3.C22H44P2.C20H40P2.C18H31NP2.C18H36P2.C16H32P2S.6Cr/c1-7-21-13-14-22(8-2)28(21)19-27(30-25(11-5)17-18-26(30)12-6)20-29-23(9-3)15-16-24(29)10-4;1-9-17-13-14-18(10-2)23(17)21(5,6)22(7,8)24-19(11-3)15-16-20(24)12-4;1-7-17-11-12-18(8-2)21(17)15(5)16(6)22-19(9-3)13-14-20(22)10-4;1-6-20(7-2)19(15(3)4)21-16(5)13-14-18(21)17-11-9-8-10-12-17;1-6-15-10-11-16(7-2)19(15)14(5)20-17(8-3)12-13-18(20)9-4;1-5-13-9-10-14(6-2)17(13)19-18-15(7-3)11-12-16(18)8-4;;;;;;/h21-26H,7-20H2,1-6H3;17-20H,9-16H2,1-8H3;15-20H,7-14H2,1-6H3;8-12,15-16,18H,6-7,13-14H2,1-5H3;14-18H,6-13H2,1-5H3;13-16H,5-12H2,1-4H3;;;;;;/p+12/t21-,22-,23-,24-,25-,26-;17-,18-,19-,20-;15-,16-,17+,18+,19+,20+;16-,18+,21?;15-,16-,17-,18-;13-,14-,15-,16-;;;;;;/m110111....../s1. The van der Waals surface area contributed by atoms with Gasteiger partial charge in [-0.05, 0) is 388 Å². The Labute approximate surface area is 976 Å². The fourth-order valence-corrected chi connectivity index (χ4v) is 111. The number of benzene rings is 1. The Morgan fingerprint density at radius 1 is 0.310 bits per heavy atom. The normalized spacial score (nSPS) is 33.0. The summed E-state index contributed by atoms with van der Waals surface area (Å²) in [6.07, 6.45) is 75.4. The molecule has 0 aromatic heterocycles. The molecule has 12 saturated heterocycles. The molecule has 0 saturated carbocycles. The van der Waals surface area contributed by atoms with Crippen molar-refractivity contribution in [2.75, 3.05) is 24.9 Å². The van der Waals surface area contributed by atoms with Crippen molar-refractivity contribution < 1.29 is 104 Å². The van der Waals surface area contributed by atoms with E-state index >= 15 is 0 Å². The van der Waals surface area contributed by atoms with E-state index in [9.17, 15) is 0 Å². The third-order valence-corrected chi connectivity index (χ3v) is 111. The number of nitrogens with zero attached hydrogens (tertiary/aromatic N) is 2. The van der Waals surface area contributed by atoms with Crippen molar-refractivity contribution in [1.82, 2.24) is 9.11 Å². The Morgan fingerprint density at radius 2 is 0.570 bits per heavy atom. The summed E-state index contributed by atoms with van der Waals surface area (Å²) < 4.78 is 6.39. The van der Waals surface area contributed by atoms with Gasteiger partial charge in [-0.25, -0.2) is 0 Å². The fraction of sp³-hybridized carbons (Fsp3) is 0.950. The second-order valence-corrected chi connectivity index (χ2v) is 97.0. The first-order chi connectivity index (χ1) is 65.5. The molecule has 1 aromatic carbocycles. The number of hydrogen-bond donors (Lipinski definition) is 0. The minimum absolute atomic E-state index is 0. The third kappa shape index (κ3) is 37.4. The Morgan fingerprint density at radius 3 is 0.838 bits per heavy atom. The van der Waals surface area contributed by atoms with E-state index in [1.807, 2.05) is 0 Å². The molecule has 142 heavy (non-hydrogen) atoms. The van der Waals surface area contributed by atoms with E-state index in [1.165, 1.54) is 172 Å². The zero-order valence-electron chi connectivity index (χ0n) is 100. The summed E-state index contributed by atoms with van der Waals surface area (Å²) in [5, 5.41) is 2.36. The monoisotopic (exact) mass is 2460 g/mol. The van der Waals surface area contributed by atoms with E-state index in [2.05, 4.69) is 286 Å². The summed E-state index contributed by atoms with van der Waals surface area (Å²) in [5.74, 6) is 0. The van der Waals surface area contributed by atoms with Gasteiger partial charge in [0.05, 0.1) is 152 Å². The van der Waals surface area contributed by atoms with Gasteiger partial charge in [-0.2, -0.15) is 0 Å². The van der Waals surface area contributed by atoms with Gasteiger partial charge in [0.15, 0.2) is 16.4 Å². The topological polar surface area (TPSA) is 6.48 Å². The molecule has 12 aliphatic rings. The molecule has 1 unspecified atom stereocenters. The zero-order valence-corrected chi connectivity index (χ0v) is 121. The Kier molecular flexibility index (Phi) is 78.0. The quantitative estimate of drug-likeness (QED) is 0.0602. The summed E-state index contributed by atoms with van der Waals surface area (Å²) in [4.78, 5) is 0. The summed E-state index contributed by atoms with van der Waals surface area (Å²) in [6, 6.07) is 12.1. The minimum Gasteiger partial charge on any atom is -0.142 e. The molecule has 12 fully saturated rings. The predicted octanol–water partition coefficient (Wildman–Crippen LogP) is 42.7. The Hall–Kier alpha value is 8.27. The maximum atomic E-state index is 3.34. The van der Waals surface area contributed by atoms with Crippen molar-refractivity contribution in [3.63, 3.8) is 0 Å². The van der Waals surface area contributed by atoms with Crippen LogP contribution in [0, 0.1) is 0 Å². The maximum absolute atomic E-state index is 3.34. The van der Waals surface area contributed by atoms with Crippen LogP contribution in [0.2, 0.25) is 0 Å². The molecule has 22 heteroatoms. The molecule has 0 radical (unpaired) electrons. The van der Waals surface area contributed by atoms with E-state index < -0.39 is 8.07 Å². The van der Waals surface area contributed by atoms with E-state index in [4.69, 9.17) is 0 Å². The molecular formula is C120H247Cr6N2P13S+12. The summed E-state index contributed by atoms with van der Waals surface area (Å²) in [7, 11) is -2.39. The average molecular weight is 2470 g/mol. The van der Waals surface area contributed by atoms with Crippen molar-refractivity contribution in [2.45, 2.75) is 700 Å². The fourth-order valence-electron chi connectivity index (χ4n) is 33.5. The van der Waals surface area contributed by atoms with Gasteiger partial charge in [-0.3, -0.25) is 0 Å². The van der Waals surface area contributed by atoms with Crippen LogP contribution in [0.1, 0.15) is 542 Å². The van der Waals surface area contributed by atoms with Gasteiger partial charge in [0.25, 0.3) is 0 Å². The van der Waals surface area contributed by atoms with Crippen molar-refractivity contribution >= 4 is 113 Å². The second-order valence-electron chi connectivity index (χ2n) is 48.9. The van der Waals surface area contributed by atoms with Gasteiger partial charge >= 0.3 is 0 Å². The first kappa shape index (κ1) is 146. The van der Waals surface area contributed by atoms with Crippen molar-refractivity contribution in [1.29, 1.82) is 0 Å². The maximum Gasteiger partial charge on any atom is 0.181 e. The van der Waals surface area contributed by atoms with Gasteiger partial charge in [-0.1, -0.05) is 195 Å². The molecule has 2 nitrogen and oxygen atoms in total. The van der Waals surface area contributed by atoms with Crippen LogP contribution < -0.4 is 0 Å². The Bertz CT molecular complexity index is 3050. The summed E-state index contributed by atoms with van der Waals surface area (Å²) >= 11 is 2.65. The van der Waals surface area contributed by atoms with Crippen LogP contribution in [0.5, 0.6) is 0 Å². The molecule has 0 amide bonds. The summed E-state index contributed by atoms with van der Waals surface area (Å²) in [5.41, 5.74) is 30.2. The van der Waals surface area contributed by atoms with Crippen LogP contribution in [-0.2, 0) is 104 Å². The van der Waals surface area contributed by atoms with Crippen molar-refractivity contribution in [3.8, 4) is 0 Å². The van der Waals surface area contributed by atoms with Crippen LogP contribution in [0.4, 0.5) is 0 Å². The number of rotatable bonds is 43. The van der Waals surface area contributed by atoms with Crippen LogP contribution in [0.3, 0.4) is 0 Å². The molecule has 0 aliphatic carbocycles. The molecule has 0 N–H and O–H groups in total. The van der Waals surface area contributed by atoms with Crippen LogP contribution in [0.25, 0.3) is 0 Å². The van der Waals surface area contributed by atoms with Gasteiger partial charge in [-0.15, -0.1) is 4.67 Å². The molecule has 0 spiro atoms. The molecule has 0 bridgehead atoms. The molecule has 832 valence electrons. The van der Waals surface area contributed by atoms with Crippen molar-refractivity contribution in [2.24, 2.45) is 0 Å². The average Bonchev–Trinajstić information content (AvgIpc) is 1.53. The Balaban J connectivity index is 0.000000575. The first-order valence-corrected chi connectivity index (χ1v) is 86.3. The van der Waals surface area contributed by atoms with E-state index in [1.54, 1.807) is 159 Å². The van der Waals surface area contributed by atoms with Gasteiger partial charge in [0.2, 0.25) is 0 Å². The predicted molar refractivity (Wildman–Crippen MR) is 680 cm³/mol. The molecule has 12 heterocycles. The summed E-state index contributed by atoms with van der Waals surface area (Å²) in [6.45, 7) is 85.8. The van der Waals surface area contributed by atoms with Crippen molar-refractivity contribution in [3.05, 3.63) is 35.9 Å². The van der Waals surface area contributed by atoms with Crippen LogP contribution >= 0.6 is 113 Å². The van der Waals surface area contributed by atoms with Gasteiger partial charge < -0.3 is 0 Å². The molecule has 1 aromatic rings. The minimum atomic E-state index is -0.463. The number of hydrogen-bond acceptors (Lipinski definition) is 3. The van der Waals surface area contributed by atoms with Crippen LogP contribution in [0.15, 0.2) is 30.3 Å². The van der Waals surface area contributed by atoms with E-state index in [0.717, 1.165) is 153 Å². The largest absolute Gasteiger partial charge is 0.181 e. The van der Waals surface area contributed by atoms with Gasteiger partial charge in [0, 0.05) is 167 Å². The third-order valence-electron chi connectivity index (χ3n) is 42.3. The first-order valence-electron chi connectivity index (χ1n) is 61.9.